The van der Waals surface area contributed by atoms with Gasteiger partial charge >= 0.3 is 0 Å². The van der Waals surface area contributed by atoms with Gasteiger partial charge in [0, 0.05) is 0 Å². The fraction of sp³-hybridized carbons (Fsp3) is 0.857. The van der Waals surface area contributed by atoms with Crippen LogP contribution in [-0.2, 0) is 13.6 Å². The van der Waals surface area contributed by atoms with Crippen LogP contribution in [0.1, 0.15) is 86.5 Å². The van der Waals surface area contributed by atoms with Gasteiger partial charge in [-0.3, -0.25) is 4.18 Å². The molecule has 0 radical (unpaired) electrons. The minimum Gasteiger partial charge on any atom is -0.393 e. The Balaban J connectivity index is 1.50. The predicted octanol–water partition coefficient (Wildman–Crippen LogP) is 7.39. The Kier molecular flexibility index (Phi) is 8.28. The lowest BCUT2D eigenvalue weighted by Gasteiger charge is -2.60. The summed E-state index contributed by atoms with van der Waals surface area (Å²) in [5.41, 5.74) is 1.63. The summed E-state index contributed by atoms with van der Waals surface area (Å²) in [5, 5.41) is 23.7. The lowest BCUT2D eigenvalue weighted by Crippen LogP contribution is -2.56. The van der Waals surface area contributed by atoms with E-state index in [1.54, 1.807) is 0 Å². The Labute approximate surface area is 211 Å². The summed E-state index contributed by atoms with van der Waals surface area (Å²) in [7, 11) is 0. The van der Waals surface area contributed by atoms with E-state index in [2.05, 4.69) is 69.1 Å². The van der Waals surface area contributed by atoms with Crippen LogP contribution in [0.4, 0.5) is 0 Å². The van der Waals surface area contributed by atoms with Gasteiger partial charge in [-0.2, -0.15) is 0 Å². The van der Waals surface area contributed by atoms with E-state index < -0.39 is 0 Å². The van der Waals surface area contributed by atoms with Crippen molar-refractivity contribution in [3.8, 4) is 0 Å². The van der Waals surface area contributed by atoms with Gasteiger partial charge in [-0.15, -0.1) is 4.33 Å². The second-order valence-corrected chi connectivity index (χ2v) is 13.0. The molecule has 3 saturated carbocycles. The fourth-order valence-electron chi connectivity index (χ4n) is 8.36. The topological polar surface area (TPSA) is 68.2 Å². The van der Waals surface area contributed by atoms with E-state index in [4.69, 9.17) is 9.44 Å². The monoisotopic (exact) mass is 494 g/mol. The lowest BCUT2D eigenvalue weighted by molar-refractivity contribution is -0.434. The van der Waals surface area contributed by atoms with Crippen LogP contribution in [-0.4, -0.2) is 22.6 Å². The number of fused-ring (bicyclic) bond motifs is 5. The third-order valence-corrected chi connectivity index (χ3v) is 11.3. The summed E-state index contributed by atoms with van der Waals surface area (Å²) in [6, 6.07) is 0. The first-order valence-electron chi connectivity index (χ1n) is 13.5. The molecule has 5 nitrogen and oxygen atoms in total. The normalized spacial score (nSPS) is 43.9. The maximum atomic E-state index is 11.7. The molecule has 0 aliphatic heterocycles. The van der Waals surface area contributed by atoms with Crippen LogP contribution >= 0.6 is 12.3 Å². The van der Waals surface area contributed by atoms with Crippen LogP contribution in [0.5, 0.6) is 0 Å². The average molecular weight is 495 g/mol. The second-order valence-electron chi connectivity index (χ2n) is 12.6. The minimum atomic E-state index is -0.236. The van der Waals surface area contributed by atoms with Crippen molar-refractivity contribution in [2.75, 3.05) is 0 Å². The van der Waals surface area contributed by atoms with Crippen LogP contribution in [0.15, 0.2) is 23.8 Å². The number of hydrogen-bond donors (Lipinski definition) is 2. The fourth-order valence-corrected chi connectivity index (χ4v) is 8.69. The molecule has 0 aromatic carbocycles. The predicted molar refractivity (Wildman–Crippen MR) is 136 cm³/mol. The van der Waals surface area contributed by atoms with E-state index in [0.717, 1.165) is 32.1 Å². The first-order chi connectivity index (χ1) is 16.1. The Hall–Kier alpha value is -0.370. The molecule has 4 rings (SSSR count). The summed E-state index contributed by atoms with van der Waals surface area (Å²) in [4.78, 5) is 0. The maximum absolute atomic E-state index is 11.7. The molecule has 0 amide bonds. The smallest absolute Gasteiger partial charge is 0.197 e. The first-order valence-corrected chi connectivity index (χ1v) is 14.2. The molecule has 4 aliphatic rings. The summed E-state index contributed by atoms with van der Waals surface area (Å²) >= 11 is 0.698. The summed E-state index contributed by atoms with van der Waals surface area (Å²) in [6.07, 6.45) is 14.6. The van der Waals surface area contributed by atoms with Crippen LogP contribution in [0.25, 0.3) is 0 Å². The number of rotatable bonds is 8. The molecule has 0 bridgehead atoms. The molecule has 4 aliphatic carbocycles. The van der Waals surface area contributed by atoms with Gasteiger partial charge in [0.15, 0.2) is 12.3 Å². The van der Waals surface area contributed by atoms with Gasteiger partial charge < -0.3 is 5.11 Å². The van der Waals surface area contributed by atoms with Crippen molar-refractivity contribution in [2.24, 2.45) is 52.3 Å². The molecule has 0 aromatic rings. The number of aliphatic hydroxyl groups excluding tert-OH is 1. The molecule has 10 atom stereocenters. The Morgan fingerprint density at radius 3 is 2.56 bits per heavy atom. The van der Waals surface area contributed by atoms with Crippen LogP contribution in [0, 0.1) is 52.3 Å². The van der Waals surface area contributed by atoms with E-state index in [9.17, 15) is 5.11 Å². The van der Waals surface area contributed by atoms with Crippen LogP contribution in [0.3, 0.4) is 0 Å². The molecule has 194 valence electrons. The van der Waals surface area contributed by atoms with Crippen molar-refractivity contribution in [1.29, 1.82) is 0 Å². The van der Waals surface area contributed by atoms with E-state index in [-0.39, 0.29) is 23.0 Å². The molecule has 0 spiro atoms. The van der Waals surface area contributed by atoms with Crippen molar-refractivity contribution in [3.05, 3.63) is 23.8 Å². The zero-order chi connectivity index (χ0) is 24.7. The number of aliphatic hydroxyl groups is 1. The number of hydrogen-bond acceptors (Lipinski definition) is 6. The Morgan fingerprint density at radius 2 is 1.85 bits per heavy atom. The van der Waals surface area contributed by atoms with E-state index in [1.165, 1.54) is 18.4 Å². The van der Waals surface area contributed by atoms with E-state index in [1.807, 2.05) is 0 Å². The van der Waals surface area contributed by atoms with E-state index >= 15 is 0 Å². The van der Waals surface area contributed by atoms with Crippen LogP contribution < -0.4 is 0 Å². The van der Waals surface area contributed by atoms with Crippen molar-refractivity contribution in [3.63, 3.8) is 0 Å². The molecule has 0 heterocycles. The second kappa shape index (κ2) is 10.5. The highest BCUT2D eigenvalue weighted by Gasteiger charge is 2.62. The molecule has 2 N–H and O–H groups in total. The molecule has 3 fully saturated rings. The quantitative estimate of drug-likeness (QED) is 0.121. The van der Waals surface area contributed by atoms with Gasteiger partial charge in [-0.05, 0) is 97.2 Å². The summed E-state index contributed by atoms with van der Waals surface area (Å²) in [5.74, 6) is 4.11. The summed E-state index contributed by atoms with van der Waals surface area (Å²) in [6.45, 7) is 14.1. The molecular weight excluding hydrogens is 448 g/mol. The Morgan fingerprint density at radius 1 is 1.09 bits per heavy atom. The van der Waals surface area contributed by atoms with Gasteiger partial charge in [-0.25, -0.2) is 5.26 Å². The zero-order valence-electron chi connectivity index (χ0n) is 21.9. The zero-order valence-corrected chi connectivity index (χ0v) is 22.7. The van der Waals surface area contributed by atoms with Gasteiger partial charge in [0.2, 0.25) is 0 Å². The molecule has 6 heteroatoms. The van der Waals surface area contributed by atoms with Crippen molar-refractivity contribution in [1.82, 2.24) is 0 Å². The highest BCUT2D eigenvalue weighted by atomic mass is 32.2. The average Bonchev–Trinajstić information content (AvgIpc) is 3.17. The molecule has 0 saturated heterocycles. The third-order valence-electron chi connectivity index (χ3n) is 10.9. The molecule has 0 aromatic heterocycles. The van der Waals surface area contributed by atoms with Crippen molar-refractivity contribution >= 4 is 12.3 Å². The van der Waals surface area contributed by atoms with Crippen LogP contribution in [0.2, 0.25) is 0 Å². The van der Waals surface area contributed by atoms with Gasteiger partial charge in [0.25, 0.3) is 0 Å². The molecular formula is C28H46O5S. The van der Waals surface area contributed by atoms with Crippen molar-refractivity contribution < 1.29 is 23.9 Å². The maximum Gasteiger partial charge on any atom is 0.197 e. The van der Waals surface area contributed by atoms with Gasteiger partial charge in [0.1, 0.15) is 0 Å². The first kappa shape index (κ1) is 26.7. The standard InChI is InChI=1S/C28H46O5S/c1-17(2)18(3)7-8-19(4)23-11-12-24-22-10-9-20-15-21(31-34-33-32-30)13-14-27(20,5)25(22)16-26(29)28(23,24)6/h7-9,17-19,21-26,29-30H,10-16H2,1-6H3/b8-7+/t18-,19-,21+,22+,23-,24+,25+,26+,27+,28-/m1/s1. The Bertz CT molecular complexity index is 768. The van der Waals surface area contributed by atoms with Crippen molar-refractivity contribution in [2.45, 2.75) is 98.7 Å². The van der Waals surface area contributed by atoms with Gasteiger partial charge in [0.05, 0.1) is 12.2 Å². The molecule has 0 unspecified atom stereocenters. The van der Waals surface area contributed by atoms with Gasteiger partial charge in [-0.1, -0.05) is 70.4 Å². The highest BCUT2D eigenvalue weighted by molar-refractivity contribution is 7.89. The molecule has 34 heavy (non-hydrogen) atoms. The summed E-state index contributed by atoms with van der Waals surface area (Å²) < 4.78 is 10.1. The lowest BCUT2D eigenvalue weighted by atomic mass is 9.46. The van der Waals surface area contributed by atoms with E-state index in [0.29, 0.717) is 53.7 Å². The SMILES string of the molecule is CC(C)[C@H](C)/C=C/[C@@H](C)[C@H]1CC[C@H]2[C@@H]3CC=C4C[C@@H](OSOOO)CC[C@]4(C)[C@H]3C[C@H](O)[C@]12C. The highest BCUT2D eigenvalue weighted by Crippen LogP contribution is 2.67. The largest absolute Gasteiger partial charge is 0.393 e. The third kappa shape index (κ3) is 4.68. The minimum absolute atomic E-state index is 0.00623. The number of allylic oxidation sites excluding steroid dienone is 3.